The maximum atomic E-state index is 14.5. The summed E-state index contributed by atoms with van der Waals surface area (Å²) in [6.07, 6.45) is 15.2. The standard InChI is InChI=1S/C35H43NO7/c1-33-13-12-24(37)16-23(33)10-11-25-26-17-29-35(34(26,2)18-27(38)31(25)33,43-32(42-29)22-8-4-3-5-9-22)28(39)20-41-30(40)15-21-7-6-14-36-19-21/h6-7,12-14,16,19,22,25-27,29,31-32,38H,3-5,8-11,15,17-18,20H2,1-2H3/t25?,26?,27-,29-,31?,32+,33-,34-,35+/m0/s1. The Kier molecular flexibility index (Phi) is 7.26. The Balaban J connectivity index is 1.19. The number of rotatable bonds is 6. The normalized spacial score (nSPS) is 41.9. The third-order valence-electron chi connectivity index (χ3n) is 12.1. The van der Waals surface area contributed by atoms with Gasteiger partial charge in [-0.2, -0.15) is 0 Å². The van der Waals surface area contributed by atoms with E-state index in [1.807, 2.05) is 6.08 Å². The third-order valence-corrected chi connectivity index (χ3v) is 12.1. The largest absolute Gasteiger partial charge is 0.457 e. The molecule has 3 unspecified atom stereocenters. The van der Waals surface area contributed by atoms with Gasteiger partial charge in [0.05, 0.1) is 18.6 Å². The Morgan fingerprint density at radius 3 is 2.74 bits per heavy atom. The number of aromatic nitrogens is 1. The average Bonchev–Trinajstić information content (AvgIpc) is 3.50. The quantitative estimate of drug-likeness (QED) is 0.476. The fraction of sp³-hybridized carbons (Fsp3) is 0.657. The van der Waals surface area contributed by atoms with Crippen molar-refractivity contribution in [3.05, 3.63) is 53.9 Å². The number of aliphatic hydroxyl groups excluding tert-OH is 1. The van der Waals surface area contributed by atoms with Crippen molar-refractivity contribution >= 4 is 17.5 Å². The number of aliphatic hydroxyl groups is 1. The second kappa shape index (κ2) is 10.7. The molecule has 0 bridgehead atoms. The zero-order valence-electron chi connectivity index (χ0n) is 25.2. The van der Waals surface area contributed by atoms with E-state index in [1.165, 1.54) is 6.42 Å². The van der Waals surface area contributed by atoms with Gasteiger partial charge in [0.2, 0.25) is 5.78 Å². The molecular weight excluding hydrogens is 546 g/mol. The van der Waals surface area contributed by atoms with Crippen LogP contribution in [0.1, 0.15) is 77.2 Å². The lowest BCUT2D eigenvalue weighted by atomic mass is 9.46. The van der Waals surface area contributed by atoms with Gasteiger partial charge in [0, 0.05) is 35.1 Å². The number of carbonyl (C=O) groups is 3. The van der Waals surface area contributed by atoms with Crippen molar-refractivity contribution in [3.8, 4) is 0 Å². The maximum Gasteiger partial charge on any atom is 0.310 e. The van der Waals surface area contributed by atoms with Crippen molar-refractivity contribution in [2.24, 2.45) is 34.5 Å². The highest BCUT2D eigenvalue weighted by Gasteiger charge is 2.76. The van der Waals surface area contributed by atoms with Crippen LogP contribution in [-0.4, -0.2) is 58.3 Å². The summed E-state index contributed by atoms with van der Waals surface area (Å²) in [5.74, 6) is -0.362. The van der Waals surface area contributed by atoms with Crippen LogP contribution >= 0.6 is 0 Å². The molecular formula is C35H43NO7. The van der Waals surface area contributed by atoms with E-state index >= 15 is 0 Å². The maximum absolute atomic E-state index is 14.5. The average molecular weight is 590 g/mol. The molecule has 0 amide bonds. The van der Waals surface area contributed by atoms with E-state index in [0.29, 0.717) is 12.8 Å². The number of hydrogen-bond acceptors (Lipinski definition) is 8. The molecule has 43 heavy (non-hydrogen) atoms. The number of esters is 1. The Hall–Kier alpha value is -2.68. The van der Waals surface area contributed by atoms with Crippen LogP contribution in [0.15, 0.2) is 48.3 Å². The van der Waals surface area contributed by atoms with Crippen LogP contribution in [-0.2, 0) is 35.0 Å². The highest BCUT2D eigenvalue weighted by molar-refractivity contribution is 6.01. The molecule has 5 aliphatic carbocycles. The molecule has 0 spiro atoms. The zero-order valence-corrected chi connectivity index (χ0v) is 25.2. The van der Waals surface area contributed by atoms with Crippen LogP contribution in [0.25, 0.3) is 0 Å². The molecule has 230 valence electrons. The number of allylic oxidation sites excluding steroid dienone is 4. The van der Waals surface area contributed by atoms with Gasteiger partial charge in [0.25, 0.3) is 0 Å². The number of pyridine rings is 1. The van der Waals surface area contributed by atoms with Crippen molar-refractivity contribution in [2.45, 2.75) is 102 Å². The summed E-state index contributed by atoms with van der Waals surface area (Å²) in [5, 5.41) is 12.0. The minimum absolute atomic E-state index is 0.00893. The van der Waals surface area contributed by atoms with E-state index in [1.54, 1.807) is 36.7 Å². The van der Waals surface area contributed by atoms with Gasteiger partial charge in [0.15, 0.2) is 24.3 Å². The van der Waals surface area contributed by atoms with E-state index < -0.39 is 47.5 Å². The lowest BCUT2D eigenvalue weighted by Gasteiger charge is -2.59. The summed E-state index contributed by atoms with van der Waals surface area (Å²) in [6, 6.07) is 3.57. The third kappa shape index (κ3) is 4.50. The second-order valence-electron chi connectivity index (χ2n) is 14.3. The van der Waals surface area contributed by atoms with Crippen LogP contribution in [0, 0.1) is 34.5 Å². The molecule has 1 saturated heterocycles. The zero-order chi connectivity index (χ0) is 30.0. The lowest BCUT2D eigenvalue weighted by Crippen LogP contribution is -2.63. The Morgan fingerprint density at radius 1 is 1.16 bits per heavy atom. The van der Waals surface area contributed by atoms with Gasteiger partial charge in [-0.1, -0.05) is 50.8 Å². The van der Waals surface area contributed by atoms with Crippen LogP contribution in [0.4, 0.5) is 0 Å². The second-order valence-corrected chi connectivity index (χ2v) is 14.3. The molecule has 9 atom stereocenters. The monoisotopic (exact) mass is 589 g/mol. The summed E-state index contributed by atoms with van der Waals surface area (Å²) >= 11 is 0. The van der Waals surface area contributed by atoms with Crippen molar-refractivity contribution in [2.75, 3.05) is 6.61 Å². The fourth-order valence-corrected chi connectivity index (χ4v) is 10.2. The molecule has 4 saturated carbocycles. The predicted octanol–water partition coefficient (Wildman–Crippen LogP) is 4.69. The summed E-state index contributed by atoms with van der Waals surface area (Å²) < 4.78 is 19.2. The Morgan fingerprint density at radius 2 is 1.98 bits per heavy atom. The smallest absolute Gasteiger partial charge is 0.310 e. The summed E-state index contributed by atoms with van der Waals surface area (Å²) in [5.41, 5.74) is -0.574. The molecule has 8 heteroatoms. The molecule has 8 nitrogen and oxygen atoms in total. The first-order valence-corrected chi connectivity index (χ1v) is 16.2. The molecule has 5 fully saturated rings. The SMILES string of the molecule is C[C@]12C=CC(=O)C=C1CCC1C2[C@@H](O)C[C@@]2(C)C1C[C@@H]1O[C@@H](C3CCCCC3)O[C@]12C(=O)COC(=O)Cc1cccnc1. The molecule has 1 aromatic heterocycles. The van der Waals surface area contributed by atoms with Crippen molar-refractivity contribution < 1.29 is 33.7 Å². The highest BCUT2D eigenvalue weighted by Crippen LogP contribution is 2.70. The highest BCUT2D eigenvalue weighted by atomic mass is 16.7. The number of hydrogen-bond donors (Lipinski definition) is 1. The molecule has 1 aromatic rings. The number of fused-ring (bicyclic) bond motifs is 7. The van der Waals surface area contributed by atoms with Crippen LogP contribution in [0.2, 0.25) is 0 Å². The molecule has 7 rings (SSSR count). The minimum Gasteiger partial charge on any atom is -0.457 e. The van der Waals surface area contributed by atoms with E-state index in [2.05, 4.69) is 18.8 Å². The van der Waals surface area contributed by atoms with Gasteiger partial charge in [-0.15, -0.1) is 0 Å². The van der Waals surface area contributed by atoms with Crippen molar-refractivity contribution in [3.63, 3.8) is 0 Å². The predicted molar refractivity (Wildman–Crippen MR) is 156 cm³/mol. The molecule has 1 N–H and O–H groups in total. The minimum atomic E-state index is -1.30. The van der Waals surface area contributed by atoms with E-state index in [-0.39, 0.29) is 41.7 Å². The van der Waals surface area contributed by atoms with Gasteiger partial charge in [0.1, 0.15) is 0 Å². The lowest BCUT2D eigenvalue weighted by molar-refractivity contribution is -0.210. The van der Waals surface area contributed by atoms with Crippen LogP contribution in [0.3, 0.4) is 0 Å². The van der Waals surface area contributed by atoms with E-state index in [9.17, 15) is 19.5 Å². The number of nitrogens with zero attached hydrogens (tertiary/aromatic N) is 1. The van der Waals surface area contributed by atoms with E-state index in [4.69, 9.17) is 14.2 Å². The molecule has 1 aliphatic heterocycles. The number of ketones is 2. The Bertz CT molecular complexity index is 1350. The van der Waals surface area contributed by atoms with Gasteiger partial charge >= 0.3 is 5.97 Å². The van der Waals surface area contributed by atoms with Gasteiger partial charge in [-0.3, -0.25) is 19.4 Å². The van der Waals surface area contributed by atoms with Crippen LogP contribution < -0.4 is 0 Å². The molecule has 0 aromatic carbocycles. The van der Waals surface area contributed by atoms with E-state index in [0.717, 1.165) is 49.7 Å². The first-order valence-electron chi connectivity index (χ1n) is 16.2. The Labute approximate surface area is 253 Å². The summed E-state index contributed by atoms with van der Waals surface area (Å²) in [4.78, 5) is 43.5. The first kappa shape index (κ1) is 29.1. The topological polar surface area (TPSA) is 112 Å². The summed E-state index contributed by atoms with van der Waals surface area (Å²) in [6.45, 7) is 3.86. The van der Waals surface area contributed by atoms with Crippen LogP contribution in [0.5, 0.6) is 0 Å². The first-order chi connectivity index (χ1) is 20.7. The fourth-order valence-electron chi connectivity index (χ4n) is 10.2. The van der Waals surface area contributed by atoms with Gasteiger partial charge in [-0.25, -0.2) is 0 Å². The number of carbonyl (C=O) groups excluding carboxylic acids is 3. The van der Waals surface area contributed by atoms with Gasteiger partial charge in [-0.05, 0) is 74.1 Å². The molecule has 0 radical (unpaired) electrons. The number of ether oxygens (including phenoxy) is 3. The van der Waals surface area contributed by atoms with Crippen molar-refractivity contribution in [1.82, 2.24) is 4.98 Å². The molecule has 2 heterocycles. The summed E-state index contributed by atoms with van der Waals surface area (Å²) in [7, 11) is 0. The van der Waals surface area contributed by atoms with Crippen molar-refractivity contribution in [1.29, 1.82) is 0 Å². The number of Topliss-reactive ketones (excluding diaryl/α,β-unsaturated/α-hetero) is 1. The van der Waals surface area contributed by atoms with Gasteiger partial charge < -0.3 is 19.3 Å². The molecule has 6 aliphatic rings.